The van der Waals surface area contributed by atoms with Gasteiger partial charge in [-0.3, -0.25) is 4.79 Å². The number of hydrogen-bond donors (Lipinski definition) is 2. The number of benzene rings is 1. The predicted molar refractivity (Wildman–Crippen MR) is 69.7 cm³/mol. The Morgan fingerprint density at radius 1 is 1.37 bits per heavy atom. The van der Waals surface area contributed by atoms with Crippen LogP contribution in [0.25, 0.3) is 0 Å². The van der Waals surface area contributed by atoms with Gasteiger partial charge in [0.1, 0.15) is 0 Å². The van der Waals surface area contributed by atoms with Gasteiger partial charge >= 0.3 is 6.18 Å². The maximum Gasteiger partial charge on any atom is 0.417 e. The van der Waals surface area contributed by atoms with Crippen LogP contribution in [0.15, 0.2) is 22.7 Å². The van der Waals surface area contributed by atoms with E-state index in [1.54, 1.807) is 13.8 Å². The molecule has 0 spiro atoms. The van der Waals surface area contributed by atoms with Crippen LogP contribution < -0.4 is 11.1 Å². The summed E-state index contributed by atoms with van der Waals surface area (Å²) in [6, 6.07) is 3.39. The molecule has 0 saturated carbocycles. The monoisotopic (exact) mass is 338 g/mol. The molecule has 1 aromatic carbocycles. The van der Waals surface area contributed by atoms with Gasteiger partial charge in [-0.1, -0.05) is 15.9 Å². The van der Waals surface area contributed by atoms with Gasteiger partial charge < -0.3 is 11.1 Å². The van der Waals surface area contributed by atoms with E-state index in [1.165, 1.54) is 6.07 Å². The lowest BCUT2D eigenvalue weighted by atomic mass is 10.0. The molecule has 0 aliphatic heterocycles. The minimum atomic E-state index is -4.59. The van der Waals surface area contributed by atoms with Crippen molar-refractivity contribution in [1.82, 2.24) is 5.32 Å². The fourth-order valence-corrected chi connectivity index (χ4v) is 1.71. The summed E-state index contributed by atoms with van der Waals surface area (Å²) < 4.78 is 38.8. The van der Waals surface area contributed by atoms with E-state index in [0.29, 0.717) is 0 Å². The van der Waals surface area contributed by atoms with Crippen LogP contribution in [0.2, 0.25) is 0 Å². The second-order valence-corrected chi connectivity index (χ2v) is 5.77. The van der Waals surface area contributed by atoms with Crippen molar-refractivity contribution in [3.05, 3.63) is 33.8 Å². The van der Waals surface area contributed by atoms with Crippen LogP contribution in [0.3, 0.4) is 0 Å². The van der Waals surface area contributed by atoms with Crippen LogP contribution in [0.5, 0.6) is 0 Å². The Labute approximate surface area is 117 Å². The second kappa shape index (κ2) is 5.50. The van der Waals surface area contributed by atoms with E-state index in [2.05, 4.69) is 21.2 Å². The normalized spacial score (nSPS) is 12.4. The largest absolute Gasteiger partial charge is 0.417 e. The number of amides is 1. The van der Waals surface area contributed by atoms with E-state index in [4.69, 9.17) is 5.73 Å². The Hall–Kier alpha value is -1.08. The molecule has 0 fully saturated rings. The lowest BCUT2D eigenvalue weighted by molar-refractivity contribution is -0.138. The highest BCUT2D eigenvalue weighted by Crippen LogP contribution is 2.33. The number of halogens is 4. The minimum absolute atomic E-state index is 0.0825. The number of alkyl halides is 3. The van der Waals surface area contributed by atoms with Crippen molar-refractivity contribution in [3.8, 4) is 0 Å². The van der Waals surface area contributed by atoms with Gasteiger partial charge in [0.05, 0.1) is 11.1 Å². The summed E-state index contributed by atoms with van der Waals surface area (Å²) in [6.07, 6.45) is -4.59. The van der Waals surface area contributed by atoms with Crippen LogP contribution >= 0.6 is 15.9 Å². The SMILES string of the molecule is CC(C)(N)CNC(=O)c1ccc(Br)cc1C(F)(F)F. The van der Waals surface area contributed by atoms with E-state index < -0.39 is 28.7 Å². The highest BCUT2D eigenvalue weighted by molar-refractivity contribution is 9.10. The van der Waals surface area contributed by atoms with Gasteiger partial charge in [0, 0.05) is 16.6 Å². The van der Waals surface area contributed by atoms with Crippen LogP contribution in [0, 0.1) is 0 Å². The Kier molecular flexibility index (Phi) is 4.63. The predicted octanol–water partition coefficient (Wildman–Crippen LogP) is 2.94. The quantitative estimate of drug-likeness (QED) is 0.890. The molecule has 1 aromatic rings. The topological polar surface area (TPSA) is 55.1 Å². The molecule has 0 aromatic heterocycles. The number of rotatable bonds is 3. The molecule has 0 radical (unpaired) electrons. The van der Waals surface area contributed by atoms with Crippen molar-refractivity contribution in [2.75, 3.05) is 6.54 Å². The smallest absolute Gasteiger partial charge is 0.350 e. The maximum atomic E-state index is 12.8. The highest BCUT2D eigenvalue weighted by atomic mass is 79.9. The molecule has 0 atom stereocenters. The summed E-state index contributed by atoms with van der Waals surface area (Å²) in [7, 11) is 0. The number of hydrogen-bond acceptors (Lipinski definition) is 2. The molecule has 19 heavy (non-hydrogen) atoms. The Balaban J connectivity index is 3.03. The second-order valence-electron chi connectivity index (χ2n) is 4.86. The number of nitrogens with one attached hydrogen (secondary N) is 1. The summed E-state index contributed by atoms with van der Waals surface area (Å²) in [6.45, 7) is 3.41. The molecule has 1 rings (SSSR count). The zero-order valence-corrected chi connectivity index (χ0v) is 12.0. The van der Waals surface area contributed by atoms with Crippen molar-refractivity contribution >= 4 is 21.8 Å². The van der Waals surface area contributed by atoms with Gasteiger partial charge in [0.15, 0.2) is 0 Å². The zero-order valence-electron chi connectivity index (χ0n) is 10.4. The first-order chi connectivity index (χ1) is 8.50. The van der Waals surface area contributed by atoms with Crippen molar-refractivity contribution in [3.63, 3.8) is 0 Å². The average Bonchev–Trinajstić information content (AvgIpc) is 2.23. The molecule has 0 heterocycles. The summed E-state index contributed by atoms with van der Waals surface area (Å²) in [4.78, 5) is 11.8. The van der Waals surface area contributed by atoms with Gasteiger partial charge in [-0.2, -0.15) is 13.2 Å². The molecule has 106 valence electrons. The van der Waals surface area contributed by atoms with E-state index >= 15 is 0 Å². The van der Waals surface area contributed by atoms with Gasteiger partial charge in [0.25, 0.3) is 5.91 Å². The molecule has 0 bridgehead atoms. The van der Waals surface area contributed by atoms with Crippen molar-refractivity contribution < 1.29 is 18.0 Å². The third kappa shape index (κ3) is 4.83. The number of nitrogens with two attached hydrogens (primary N) is 1. The van der Waals surface area contributed by atoms with Crippen molar-refractivity contribution in [2.24, 2.45) is 5.73 Å². The van der Waals surface area contributed by atoms with Gasteiger partial charge in [-0.25, -0.2) is 0 Å². The first-order valence-electron chi connectivity index (χ1n) is 5.44. The number of carbonyl (C=O) groups excluding carboxylic acids is 1. The summed E-state index contributed by atoms with van der Waals surface area (Å²) in [5.74, 6) is -0.793. The fraction of sp³-hybridized carbons (Fsp3) is 0.417. The summed E-state index contributed by atoms with van der Waals surface area (Å²) >= 11 is 2.96. The molecular formula is C12H14BrF3N2O. The van der Waals surface area contributed by atoms with Crippen LogP contribution in [0.1, 0.15) is 29.8 Å². The van der Waals surface area contributed by atoms with Gasteiger partial charge in [-0.15, -0.1) is 0 Å². The van der Waals surface area contributed by atoms with Crippen molar-refractivity contribution in [1.29, 1.82) is 0 Å². The molecule has 0 saturated heterocycles. The molecule has 0 aliphatic carbocycles. The molecule has 1 amide bonds. The van der Waals surface area contributed by atoms with Crippen LogP contribution in [0.4, 0.5) is 13.2 Å². The van der Waals surface area contributed by atoms with E-state index in [0.717, 1.165) is 12.1 Å². The summed E-state index contributed by atoms with van der Waals surface area (Å²) in [5.41, 5.74) is 3.58. The Morgan fingerprint density at radius 2 is 1.95 bits per heavy atom. The first kappa shape index (κ1) is 16.0. The molecule has 0 aliphatic rings. The first-order valence-corrected chi connectivity index (χ1v) is 6.24. The average molecular weight is 339 g/mol. The van der Waals surface area contributed by atoms with Crippen LogP contribution in [-0.2, 0) is 6.18 Å². The molecular weight excluding hydrogens is 325 g/mol. The molecule has 3 nitrogen and oxygen atoms in total. The Bertz CT molecular complexity index is 481. The molecule has 7 heteroatoms. The third-order valence-electron chi connectivity index (χ3n) is 2.24. The molecule has 3 N–H and O–H groups in total. The fourth-order valence-electron chi connectivity index (χ4n) is 1.35. The Morgan fingerprint density at radius 3 is 2.42 bits per heavy atom. The zero-order chi connectivity index (χ0) is 14.8. The maximum absolute atomic E-state index is 12.8. The lowest BCUT2D eigenvalue weighted by Crippen LogP contribution is -2.45. The van der Waals surface area contributed by atoms with E-state index in [1.807, 2.05) is 0 Å². The number of carbonyl (C=O) groups is 1. The highest BCUT2D eigenvalue weighted by Gasteiger charge is 2.35. The van der Waals surface area contributed by atoms with Crippen LogP contribution in [-0.4, -0.2) is 18.0 Å². The standard InChI is InChI=1S/C12H14BrF3N2O/c1-11(2,17)6-18-10(19)8-4-3-7(13)5-9(8)12(14,15)16/h3-5H,6,17H2,1-2H3,(H,18,19). The van der Waals surface area contributed by atoms with E-state index in [9.17, 15) is 18.0 Å². The van der Waals surface area contributed by atoms with E-state index in [-0.39, 0.29) is 11.0 Å². The third-order valence-corrected chi connectivity index (χ3v) is 2.73. The van der Waals surface area contributed by atoms with Crippen molar-refractivity contribution in [2.45, 2.75) is 25.6 Å². The summed E-state index contributed by atoms with van der Waals surface area (Å²) in [5, 5.41) is 2.39. The molecule has 0 unspecified atom stereocenters. The minimum Gasteiger partial charge on any atom is -0.350 e. The van der Waals surface area contributed by atoms with Gasteiger partial charge in [0.2, 0.25) is 0 Å². The van der Waals surface area contributed by atoms with Gasteiger partial charge in [-0.05, 0) is 32.0 Å². The lowest BCUT2D eigenvalue weighted by Gasteiger charge is -2.20.